The molecule has 0 aliphatic rings. The van der Waals surface area contributed by atoms with Gasteiger partial charge in [0.25, 0.3) is 0 Å². The summed E-state index contributed by atoms with van der Waals surface area (Å²) in [6.07, 6.45) is -0.112. The molecule has 0 amide bonds. The van der Waals surface area contributed by atoms with Gasteiger partial charge in [-0.3, -0.25) is 9.59 Å². The van der Waals surface area contributed by atoms with Crippen LogP contribution in [-0.4, -0.2) is 45.9 Å². The molecule has 0 aromatic heterocycles. The third-order valence-corrected chi connectivity index (χ3v) is 2.55. The van der Waals surface area contributed by atoms with Gasteiger partial charge in [0.15, 0.2) is 5.60 Å². The molecule has 122 valence electrons. The molecule has 7 nitrogen and oxygen atoms in total. The fraction of sp³-hybridized carbons (Fsp3) is 0.786. The Morgan fingerprint density at radius 3 is 2.00 bits per heavy atom. The average molecular weight is 304 g/mol. The molecule has 0 aliphatic carbocycles. The van der Waals surface area contributed by atoms with Crippen molar-refractivity contribution in [3.8, 4) is 0 Å². The van der Waals surface area contributed by atoms with E-state index in [0.29, 0.717) is 6.42 Å². The van der Waals surface area contributed by atoms with E-state index in [1.54, 1.807) is 20.8 Å². The molecular weight excluding hydrogens is 280 g/mol. The number of aliphatic carboxylic acids is 2. The molecular formula is C14H24O7. The van der Waals surface area contributed by atoms with Gasteiger partial charge in [-0.05, 0) is 27.2 Å². The largest absolute Gasteiger partial charge is 0.481 e. The van der Waals surface area contributed by atoms with Crippen molar-refractivity contribution < 1.29 is 34.1 Å². The van der Waals surface area contributed by atoms with Crippen molar-refractivity contribution in [1.29, 1.82) is 0 Å². The SMILES string of the molecule is CCCCOC(CC(=O)O)(CC(=O)OC(C)(C)C)C(=O)O. The molecule has 0 aromatic rings. The van der Waals surface area contributed by atoms with Gasteiger partial charge in [0.05, 0.1) is 12.8 Å². The topological polar surface area (TPSA) is 110 Å². The summed E-state index contributed by atoms with van der Waals surface area (Å²) in [5.74, 6) is -3.63. The maximum atomic E-state index is 11.8. The lowest BCUT2D eigenvalue weighted by Gasteiger charge is -2.29. The molecule has 1 unspecified atom stereocenters. The molecule has 0 heterocycles. The molecule has 0 spiro atoms. The van der Waals surface area contributed by atoms with Crippen LogP contribution in [0.4, 0.5) is 0 Å². The van der Waals surface area contributed by atoms with Crippen LogP contribution in [-0.2, 0) is 23.9 Å². The number of ether oxygens (including phenoxy) is 2. The summed E-state index contributed by atoms with van der Waals surface area (Å²) in [5, 5.41) is 18.2. The Morgan fingerprint density at radius 2 is 1.62 bits per heavy atom. The van der Waals surface area contributed by atoms with Gasteiger partial charge < -0.3 is 19.7 Å². The number of hydrogen-bond acceptors (Lipinski definition) is 5. The number of rotatable bonds is 9. The van der Waals surface area contributed by atoms with Crippen LogP contribution in [0, 0.1) is 0 Å². The normalized spacial score (nSPS) is 14.3. The van der Waals surface area contributed by atoms with Crippen molar-refractivity contribution in [3.05, 3.63) is 0 Å². The Kier molecular flexibility index (Phi) is 7.35. The fourth-order valence-corrected chi connectivity index (χ4v) is 1.64. The first-order chi connectivity index (χ1) is 9.52. The summed E-state index contributed by atoms with van der Waals surface area (Å²) < 4.78 is 10.3. The van der Waals surface area contributed by atoms with E-state index in [4.69, 9.17) is 14.6 Å². The molecule has 21 heavy (non-hydrogen) atoms. The molecule has 0 saturated carbocycles. The van der Waals surface area contributed by atoms with Crippen molar-refractivity contribution in [2.45, 2.75) is 64.6 Å². The number of carbonyl (C=O) groups excluding carboxylic acids is 1. The number of carboxylic acid groups (broad SMARTS) is 2. The summed E-state index contributed by atoms with van der Waals surface area (Å²) in [5.41, 5.74) is -2.88. The van der Waals surface area contributed by atoms with Crippen LogP contribution in [0.15, 0.2) is 0 Å². The van der Waals surface area contributed by atoms with E-state index in [0.717, 1.165) is 6.42 Å². The number of hydrogen-bond donors (Lipinski definition) is 2. The van der Waals surface area contributed by atoms with Crippen molar-refractivity contribution in [1.82, 2.24) is 0 Å². The van der Waals surface area contributed by atoms with Gasteiger partial charge >= 0.3 is 17.9 Å². The first-order valence-corrected chi connectivity index (χ1v) is 6.83. The monoisotopic (exact) mass is 304 g/mol. The highest BCUT2D eigenvalue weighted by Gasteiger charge is 2.45. The second-order valence-electron chi connectivity index (χ2n) is 5.84. The van der Waals surface area contributed by atoms with Crippen LogP contribution in [0.5, 0.6) is 0 Å². The third kappa shape index (κ3) is 7.65. The Hall–Kier alpha value is -1.63. The maximum absolute atomic E-state index is 11.8. The van der Waals surface area contributed by atoms with Crippen molar-refractivity contribution in [3.63, 3.8) is 0 Å². The summed E-state index contributed by atoms with van der Waals surface area (Å²) in [4.78, 5) is 34.2. The lowest BCUT2D eigenvalue weighted by atomic mass is 9.95. The Balaban J connectivity index is 5.11. The zero-order valence-electron chi connectivity index (χ0n) is 13.0. The van der Waals surface area contributed by atoms with E-state index in [2.05, 4.69) is 0 Å². The summed E-state index contributed by atoms with van der Waals surface area (Å²) in [6.45, 7) is 6.88. The molecule has 7 heteroatoms. The second-order valence-corrected chi connectivity index (χ2v) is 5.84. The second kappa shape index (κ2) is 7.97. The molecule has 0 fully saturated rings. The molecule has 0 rings (SSSR count). The van der Waals surface area contributed by atoms with Gasteiger partial charge in [-0.1, -0.05) is 13.3 Å². The van der Waals surface area contributed by atoms with E-state index < -0.39 is 42.0 Å². The standard InChI is InChI=1S/C14H24O7/c1-5-6-7-20-14(12(18)19,8-10(15)16)9-11(17)21-13(2,3)4/h5-9H2,1-4H3,(H,15,16)(H,18,19). The van der Waals surface area contributed by atoms with Crippen LogP contribution < -0.4 is 0 Å². The van der Waals surface area contributed by atoms with Gasteiger partial charge in [-0.15, -0.1) is 0 Å². The van der Waals surface area contributed by atoms with Gasteiger partial charge in [0.1, 0.15) is 5.60 Å². The molecule has 0 bridgehead atoms. The van der Waals surface area contributed by atoms with Crippen LogP contribution in [0.25, 0.3) is 0 Å². The summed E-state index contributed by atoms with van der Waals surface area (Å²) >= 11 is 0. The first-order valence-electron chi connectivity index (χ1n) is 6.83. The van der Waals surface area contributed by atoms with Crippen molar-refractivity contribution in [2.24, 2.45) is 0 Å². The highest BCUT2D eigenvalue weighted by Crippen LogP contribution is 2.24. The zero-order valence-corrected chi connectivity index (χ0v) is 13.0. The average Bonchev–Trinajstić information content (AvgIpc) is 2.24. The molecule has 0 aliphatic heterocycles. The van der Waals surface area contributed by atoms with Crippen LogP contribution in [0.1, 0.15) is 53.4 Å². The Morgan fingerprint density at radius 1 is 1.05 bits per heavy atom. The molecule has 1 atom stereocenters. The molecule has 0 radical (unpaired) electrons. The van der Waals surface area contributed by atoms with Crippen molar-refractivity contribution >= 4 is 17.9 Å². The summed E-state index contributed by atoms with van der Waals surface area (Å²) in [7, 11) is 0. The van der Waals surface area contributed by atoms with E-state index >= 15 is 0 Å². The lowest BCUT2D eigenvalue weighted by Crippen LogP contribution is -2.46. The minimum Gasteiger partial charge on any atom is -0.481 e. The fourth-order valence-electron chi connectivity index (χ4n) is 1.64. The van der Waals surface area contributed by atoms with E-state index in [-0.39, 0.29) is 6.61 Å². The summed E-state index contributed by atoms with van der Waals surface area (Å²) in [6, 6.07) is 0. The van der Waals surface area contributed by atoms with Crippen LogP contribution in [0.3, 0.4) is 0 Å². The number of esters is 1. The van der Waals surface area contributed by atoms with E-state index in [1.807, 2.05) is 6.92 Å². The highest BCUT2D eigenvalue weighted by molar-refractivity contribution is 5.89. The van der Waals surface area contributed by atoms with Crippen LogP contribution >= 0.6 is 0 Å². The first kappa shape index (κ1) is 19.4. The number of carbonyl (C=O) groups is 3. The smallest absolute Gasteiger partial charge is 0.337 e. The maximum Gasteiger partial charge on any atom is 0.337 e. The minimum absolute atomic E-state index is 0.0683. The molecule has 0 aromatic carbocycles. The van der Waals surface area contributed by atoms with Crippen LogP contribution in [0.2, 0.25) is 0 Å². The van der Waals surface area contributed by atoms with Crippen molar-refractivity contribution in [2.75, 3.05) is 6.61 Å². The third-order valence-electron chi connectivity index (χ3n) is 2.55. The van der Waals surface area contributed by atoms with Gasteiger partial charge in [0.2, 0.25) is 0 Å². The number of carboxylic acids is 2. The van der Waals surface area contributed by atoms with Gasteiger partial charge in [-0.25, -0.2) is 4.79 Å². The van der Waals surface area contributed by atoms with E-state index in [9.17, 15) is 19.5 Å². The van der Waals surface area contributed by atoms with Gasteiger partial charge in [0, 0.05) is 6.61 Å². The highest BCUT2D eigenvalue weighted by atomic mass is 16.6. The minimum atomic E-state index is -2.09. The molecule has 2 N–H and O–H groups in total. The van der Waals surface area contributed by atoms with E-state index in [1.165, 1.54) is 0 Å². The quantitative estimate of drug-likeness (QED) is 0.494. The lowest BCUT2D eigenvalue weighted by molar-refractivity contribution is -0.183. The Labute approximate surface area is 124 Å². The Bertz CT molecular complexity index is 383. The zero-order chi connectivity index (χ0) is 16.7. The number of unbranched alkanes of at least 4 members (excludes halogenated alkanes) is 1. The van der Waals surface area contributed by atoms with Gasteiger partial charge in [-0.2, -0.15) is 0 Å². The molecule has 0 saturated heterocycles. The predicted molar refractivity (Wildman–Crippen MR) is 73.9 cm³/mol. The predicted octanol–water partition coefficient (Wildman–Crippen LogP) is 1.83.